The predicted molar refractivity (Wildman–Crippen MR) is 87.4 cm³/mol. The molecule has 3 heteroatoms. The molecule has 2 aromatic carbocycles. The van der Waals surface area contributed by atoms with E-state index in [0.29, 0.717) is 0 Å². The zero-order chi connectivity index (χ0) is 14.8. The topological polar surface area (TPSA) is 13.1 Å². The maximum absolute atomic E-state index is 6.28. The molecule has 0 radical (unpaired) electrons. The summed E-state index contributed by atoms with van der Waals surface area (Å²) in [6, 6.07) is 27.2. The van der Waals surface area contributed by atoms with Gasteiger partial charge in [0.1, 0.15) is 0 Å². The normalized spacial score (nSPS) is 20.0. The van der Waals surface area contributed by atoms with Crippen LogP contribution in [0, 0.1) is 0 Å². The lowest BCUT2D eigenvalue weighted by Crippen LogP contribution is -2.50. The number of thioether (sulfide) groups is 1. The minimum absolute atomic E-state index is 0.00602. The first kappa shape index (κ1) is 13.4. The summed E-state index contributed by atoms with van der Waals surface area (Å²) in [7, 11) is 0. The van der Waals surface area contributed by atoms with Gasteiger partial charge in [-0.15, -0.1) is 0 Å². The molecule has 1 aliphatic rings. The van der Waals surface area contributed by atoms with Crippen molar-refractivity contribution in [2.45, 2.75) is 16.4 Å². The molecule has 0 aliphatic carbocycles. The summed E-state index contributed by atoms with van der Waals surface area (Å²) in [5, 5.41) is 1.37. The third kappa shape index (κ3) is 2.48. The molecule has 1 aromatic heterocycles. The Kier molecular flexibility index (Phi) is 3.57. The number of nitrogens with zero attached hydrogens (tertiary/aromatic N) is 1. The van der Waals surface area contributed by atoms with Crippen LogP contribution in [-0.4, -0.2) is 0 Å². The molecule has 22 heavy (non-hydrogen) atoms. The van der Waals surface area contributed by atoms with E-state index in [0.717, 1.165) is 5.03 Å². The van der Waals surface area contributed by atoms with Gasteiger partial charge in [0.2, 0.25) is 12.3 Å². The molecule has 0 saturated carbocycles. The molecule has 0 bridgehead atoms. The first-order chi connectivity index (χ1) is 10.9. The number of benzene rings is 2. The van der Waals surface area contributed by atoms with Gasteiger partial charge in [0.15, 0.2) is 0 Å². The fourth-order valence-electron chi connectivity index (χ4n) is 2.72. The third-order valence-electron chi connectivity index (χ3n) is 3.79. The highest BCUT2D eigenvalue weighted by atomic mass is 32.2. The van der Waals surface area contributed by atoms with Crippen molar-refractivity contribution in [1.82, 2.24) is 0 Å². The summed E-state index contributed by atoms with van der Waals surface area (Å²) in [6.07, 6.45) is 1.97. The minimum atomic E-state index is -0.00602. The lowest BCUT2D eigenvalue weighted by molar-refractivity contribution is -0.930. The zero-order valence-electron chi connectivity index (χ0n) is 12.0. The zero-order valence-corrected chi connectivity index (χ0v) is 12.8. The first-order valence-electron chi connectivity index (χ1n) is 7.36. The highest BCUT2D eigenvalue weighted by Gasteiger charge is 2.38. The molecular formula is C19H16NOS+. The van der Waals surface area contributed by atoms with E-state index in [-0.39, 0.29) is 11.4 Å². The SMILES string of the molecule is c1ccc([C@H]2O[n+]3ccccc3S[C@@H]2c2ccccc2)cc1. The number of pyridine rings is 1. The van der Waals surface area contributed by atoms with Gasteiger partial charge in [-0.05, 0) is 23.4 Å². The molecule has 2 atom stereocenters. The molecule has 108 valence electrons. The van der Waals surface area contributed by atoms with E-state index in [1.807, 2.05) is 40.9 Å². The van der Waals surface area contributed by atoms with Gasteiger partial charge in [0.05, 0.1) is 5.25 Å². The Morgan fingerprint density at radius 2 is 1.36 bits per heavy atom. The van der Waals surface area contributed by atoms with Gasteiger partial charge >= 0.3 is 0 Å². The van der Waals surface area contributed by atoms with Gasteiger partial charge in [-0.3, -0.25) is 4.84 Å². The Hall–Kier alpha value is -2.26. The van der Waals surface area contributed by atoms with Crippen LogP contribution in [0.15, 0.2) is 90.1 Å². The molecular weight excluding hydrogens is 290 g/mol. The van der Waals surface area contributed by atoms with E-state index in [2.05, 4.69) is 60.7 Å². The number of aromatic nitrogens is 1. The van der Waals surface area contributed by atoms with Crippen LogP contribution in [0.1, 0.15) is 22.5 Å². The van der Waals surface area contributed by atoms with Crippen LogP contribution in [0.25, 0.3) is 0 Å². The van der Waals surface area contributed by atoms with Crippen LogP contribution >= 0.6 is 11.8 Å². The first-order valence-corrected chi connectivity index (χ1v) is 8.24. The summed E-state index contributed by atoms with van der Waals surface area (Å²) in [4.78, 5) is 6.28. The van der Waals surface area contributed by atoms with E-state index in [1.165, 1.54) is 11.1 Å². The quantitative estimate of drug-likeness (QED) is 0.664. The average Bonchev–Trinajstić information content (AvgIpc) is 2.62. The van der Waals surface area contributed by atoms with E-state index < -0.39 is 0 Å². The van der Waals surface area contributed by atoms with Crippen LogP contribution in [0.3, 0.4) is 0 Å². The van der Waals surface area contributed by atoms with Crippen molar-refractivity contribution in [2.24, 2.45) is 0 Å². The predicted octanol–water partition coefficient (Wildman–Crippen LogP) is 3.99. The highest BCUT2D eigenvalue weighted by Crippen LogP contribution is 2.45. The molecule has 0 amide bonds. The van der Waals surface area contributed by atoms with Gasteiger partial charge < -0.3 is 0 Å². The molecule has 2 heterocycles. The van der Waals surface area contributed by atoms with Crippen LogP contribution < -0.4 is 9.57 Å². The summed E-state index contributed by atoms with van der Waals surface area (Å²) in [6.45, 7) is 0. The minimum Gasteiger partial charge on any atom is -0.261 e. The lowest BCUT2D eigenvalue weighted by Gasteiger charge is -2.27. The Morgan fingerprint density at radius 3 is 2.09 bits per heavy atom. The number of fused-ring (bicyclic) bond motifs is 1. The van der Waals surface area contributed by atoms with Crippen molar-refractivity contribution in [1.29, 1.82) is 0 Å². The largest absolute Gasteiger partial charge is 0.291 e. The molecule has 0 fully saturated rings. The van der Waals surface area contributed by atoms with Crippen molar-refractivity contribution in [3.8, 4) is 0 Å². The average molecular weight is 306 g/mol. The van der Waals surface area contributed by atoms with Crippen LogP contribution in [0.4, 0.5) is 0 Å². The second kappa shape index (κ2) is 5.85. The molecule has 0 saturated heterocycles. The van der Waals surface area contributed by atoms with E-state index >= 15 is 0 Å². The number of rotatable bonds is 2. The van der Waals surface area contributed by atoms with E-state index in [9.17, 15) is 0 Å². The standard InChI is InChI=1S/C19H16NOS/c1-3-9-15(10-4-1)18-19(16-11-5-2-6-12-16)22-17-13-7-8-14-20(17)21-18/h1-14,18-19H/q+1/t18-,19-/m1/s1. The van der Waals surface area contributed by atoms with Gasteiger partial charge in [-0.1, -0.05) is 60.7 Å². The van der Waals surface area contributed by atoms with Crippen molar-refractivity contribution in [3.63, 3.8) is 0 Å². The monoisotopic (exact) mass is 306 g/mol. The van der Waals surface area contributed by atoms with Crippen LogP contribution in [0.2, 0.25) is 0 Å². The maximum atomic E-state index is 6.28. The molecule has 4 rings (SSSR count). The number of hydrogen-bond donors (Lipinski definition) is 0. The Labute approximate surface area is 134 Å². The van der Waals surface area contributed by atoms with Crippen molar-refractivity contribution in [3.05, 3.63) is 96.2 Å². The van der Waals surface area contributed by atoms with Crippen LogP contribution in [-0.2, 0) is 0 Å². The Morgan fingerprint density at radius 1 is 0.727 bits per heavy atom. The van der Waals surface area contributed by atoms with Gasteiger partial charge in [-0.25, -0.2) is 0 Å². The van der Waals surface area contributed by atoms with Gasteiger partial charge in [-0.2, -0.15) is 0 Å². The molecule has 0 unspecified atom stereocenters. The Balaban J connectivity index is 1.79. The Bertz CT molecular complexity index is 694. The molecule has 1 aliphatic heterocycles. The molecule has 0 spiro atoms. The van der Waals surface area contributed by atoms with Gasteiger partial charge in [0, 0.05) is 22.4 Å². The second-order valence-electron chi connectivity index (χ2n) is 5.25. The molecule has 3 aromatic rings. The van der Waals surface area contributed by atoms with Crippen molar-refractivity contribution < 1.29 is 9.57 Å². The van der Waals surface area contributed by atoms with Crippen molar-refractivity contribution >= 4 is 11.8 Å². The summed E-state index contributed by atoms with van der Waals surface area (Å²) >= 11 is 1.85. The third-order valence-corrected chi connectivity index (χ3v) is 5.13. The van der Waals surface area contributed by atoms with Crippen molar-refractivity contribution in [2.75, 3.05) is 0 Å². The molecule has 2 nitrogen and oxygen atoms in total. The maximum Gasteiger partial charge on any atom is 0.291 e. The lowest BCUT2D eigenvalue weighted by atomic mass is 10.0. The fourth-order valence-corrected chi connectivity index (χ4v) is 3.97. The van der Waals surface area contributed by atoms with E-state index in [1.54, 1.807) is 0 Å². The van der Waals surface area contributed by atoms with E-state index in [4.69, 9.17) is 4.84 Å². The fraction of sp³-hybridized carbons (Fsp3) is 0.105. The summed E-state index contributed by atoms with van der Waals surface area (Å²) < 4.78 is 1.88. The highest BCUT2D eigenvalue weighted by molar-refractivity contribution is 7.99. The van der Waals surface area contributed by atoms with Gasteiger partial charge in [0.25, 0.3) is 5.03 Å². The van der Waals surface area contributed by atoms with Crippen LogP contribution in [0.5, 0.6) is 0 Å². The number of hydrogen-bond acceptors (Lipinski definition) is 2. The summed E-state index contributed by atoms with van der Waals surface area (Å²) in [5.41, 5.74) is 2.49. The molecule has 0 N–H and O–H groups in total. The second-order valence-corrected chi connectivity index (χ2v) is 6.41. The smallest absolute Gasteiger partial charge is 0.261 e. The summed E-state index contributed by atoms with van der Waals surface area (Å²) in [5.74, 6) is 0.